The minimum absolute atomic E-state index is 0.303. The molecular weight excluding hydrogens is 244 g/mol. The molecule has 4 heteroatoms. The molecule has 0 aliphatic rings. The molecule has 0 radical (unpaired) electrons. The maximum absolute atomic E-state index is 10.3. The average Bonchev–Trinajstić information content (AvgIpc) is 2.76. The largest absolute Gasteiger partial charge is 0.389 e. The first-order chi connectivity index (χ1) is 8.36. The molecule has 0 aliphatic heterocycles. The number of hydrogen-bond acceptors (Lipinski definition) is 4. The summed E-state index contributed by atoms with van der Waals surface area (Å²) in [5, 5.41) is 14.8. The molecule has 0 bridgehead atoms. The number of aromatic nitrogens is 1. The molecule has 1 aromatic heterocycles. The molecule has 0 fully saturated rings. The van der Waals surface area contributed by atoms with Gasteiger partial charge in [0, 0.05) is 30.1 Å². The lowest BCUT2D eigenvalue weighted by Gasteiger charge is -2.29. The second-order valence-electron chi connectivity index (χ2n) is 5.59. The highest BCUT2D eigenvalue weighted by Gasteiger charge is 2.26. The zero-order valence-electron chi connectivity index (χ0n) is 12.2. The Morgan fingerprint density at radius 2 is 2.11 bits per heavy atom. The van der Waals surface area contributed by atoms with E-state index >= 15 is 0 Å². The molecule has 0 saturated carbocycles. The van der Waals surface area contributed by atoms with Gasteiger partial charge in [-0.3, -0.25) is 0 Å². The summed E-state index contributed by atoms with van der Waals surface area (Å²) in [6.45, 7) is 11.8. The first-order valence-electron chi connectivity index (χ1n) is 6.74. The van der Waals surface area contributed by atoms with Crippen molar-refractivity contribution < 1.29 is 5.11 Å². The standard InChI is InChI=1S/C14H26N2OS/c1-6-11(4)14(5,17)9-15-7-12-8-16-13(18-12)10(2)3/h8,10-11,15,17H,6-7,9H2,1-5H3. The van der Waals surface area contributed by atoms with Gasteiger partial charge in [0.1, 0.15) is 0 Å². The third kappa shape index (κ3) is 4.34. The Balaban J connectivity index is 2.41. The summed E-state index contributed by atoms with van der Waals surface area (Å²) in [6, 6.07) is 0. The zero-order chi connectivity index (χ0) is 13.8. The molecule has 1 rings (SSSR count). The SMILES string of the molecule is CCC(C)C(C)(O)CNCc1cnc(C(C)C)s1. The molecule has 0 amide bonds. The van der Waals surface area contributed by atoms with Crippen molar-refractivity contribution in [1.82, 2.24) is 10.3 Å². The van der Waals surface area contributed by atoms with Crippen molar-refractivity contribution in [3.8, 4) is 0 Å². The fourth-order valence-electron chi connectivity index (χ4n) is 1.72. The Labute approximate surface area is 115 Å². The molecule has 2 atom stereocenters. The van der Waals surface area contributed by atoms with Crippen LogP contribution in [0.15, 0.2) is 6.20 Å². The van der Waals surface area contributed by atoms with Crippen LogP contribution < -0.4 is 5.32 Å². The molecule has 0 saturated heterocycles. The molecule has 1 aromatic rings. The highest BCUT2D eigenvalue weighted by atomic mass is 32.1. The van der Waals surface area contributed by atoms with Crippen LogP contribution in [0, 0.1) is 5.92 Å². The van der Waals surface area contributed by atoms with E-state index in [9.17, 15) is 5.11 Å². The minimum Gasteiger partial charge on any atom is -0.389 e. The van der Waals surface area contributed by atoms with Gasteiger partial charge in [0.05, 0.1) is 10.6 Å². The van der Waals surface area contributed by atoms with Gasteiger partial charge in [-0.25, -0.2) is 4.98 Å². The van der Waals surface area contributed by atoms with E-state index in [1.165, 1.54) is 9.88 Å². The van der Waals surface area contributed by atoms with Gasteiger partial charge in [-0.1, -0.05) is 34.1 Å². The van der Waals surface area contributed by atoms with Crippen LogP contribution in [0.4, 0.5) is 0 Å². The highest BCUT2D eigenvalue weighted by molar-refractivity contribution is 7.11. The lowest BCUT2D eigenvalue weighted by atomic mass is 9.89. The van der Waals surface area contributed by atoms with Gasteiger partial charge in [0.15, 0.2) is 0 Å². The number of thiazole rings is 1. The van der Waals surface area contributed by atoms with Crippen molar-refractivity contribution in [1.29, 1.82) is 0 Å². The lowest BCUT2D eigenvalue weighted by molar-refractivity contribution is 0.00539. The summed E-state index contributed by atoms with van der Waals surface area (Å²) in [5.41, 5.74) is -0.639. The number of hydrogen-bond donors (Lipinski definition) is 2. The average molecular weight is 270 g/mol. The fraction of sp³-hybridized carbons (Fsp3) is 0.786. The molecule has 3 nitrogen and oxygen atoms in total. The number of rotatable bonds is 7. The predicted molar refractivity (Wildman–Crippen MR) is 78.0 cm³/mol. The Hall–Kier alpha value is -0.450. The van der Waals surface area contributed by atoms with Gasteiger partial charge in [-0.05, 0) is 12.8 Å². The maximum atomic E-state index is 10.3. The Bertz CT molecular complexity index is 360. The molecule has 1 heterocycles. The van der Waals surface area contributed by atoms with E-state index in [1.54, 1.807) is 11.3 Å². The molecule has 18 heavy (non-hydrogen) atoms. The van der Waals surface area contributed by atoms with Gasteiger partial charge in [-0.15, -0.1) is 11.3 Å². The highest BCUT2D eigenvalue weighted by Crippen LogP contribution is 2.22. The van der Waals surface area contributed by atoms with Crippen molar-refractivity contribution in [3.63, 3.8) is 0 Å². The summed E-state index contributed by atoms with van der Waals surface area (Å²) in [4.78, 5) is 5.63. The maximum Gasteiger partial charge on any atom is 0.0953 e. The van der Waals surface area contributed by atoms with Gasteiger partial charge in [0.2, 0.25) is 0 Å². The summed E-state index contributed by atoms with van der Waals surface area (Å²) < 4.78 is 0. The molecule has 2 N–H and O–H groups in total. The van der Waals surface area contributed by atoms with Gasteiger partial charge in [0.25, 0.3) is 0 Å². The summed E-state index contributed by atoms with van der Waals surface area (Å²) in [6.07, 6.45) is 2.93. The zero-order valence-corrected chi connectivity index (χ0v) is 13.0. The van der Waals surface area contributed by atoms with E-state index in [0.717, 1.165) is 13.0 Å². The summed E-state index contributed by atoms with van der Waals surface area (Å²) in [7, 11) is 0. The van der Waals surface area contributed by atoms with Crippen molar-refractivity contribution in [2.45, 2.75) is 59.1 Å². The van der Waals surface area contributed by atoms with Gasteiger partial charge < -0.3 is 10.4 Å². The molecule has 0 spiro atoms. The van der Waals surface area contributed by atoms with E-state index in [-0.39, 0.29) is 0 Å². The van der Waals surface area contributed by atoms with Crippen molar-refractivity contribution in [2.24, 2.45) is 5.92 Å². The van der Waals surface area contributed by atoms with Crippen molar-refractivity contribution in [2.75, 3.05) is 6.54 Å². The van der Waals surface area contributed by atoms with E-state index in [0.29, 0.717) is 18.4 Å². The predicted octanol–water partition coefficient (Wildman–Crippen LogP) is 3.15. The number of nitrogens with one attached hydrogen (secondary N) is 1. The minimum atomic E-state index is -0.639. The quantitative estimate of drug-likeness (QED) is 0.800. The number of nitrogens with zero attached hydrogens (tertiary/aromatic N) is 1. The molecule has 2 unspecified atom stereocenters. The Morgan fingerprint density at radius 1 is 1.44 bits per heavy atom. The normalized spacial score (nSPS) is 16.8. The van der Waals surface area contributed by atoms with Crippen LogP contribution in [0.2, 0.25) is 0 Å². The third-order valence-corrected chi connectivity index (χ3v) is 4.82. The van der Waals surface area contributed by atoms with Crippen LogP contribution in [-0.2, 0) is 6.54 Å². The first kappa shape index (κ1) is 15.6. The molecule has 0 aliphatic carbocycles. The second kappa shape index (κ2) is 6.64. The van der Waals surface area contributed by atoms with Crippen LogP contribution in [0.5, 0.6) is 0 Å². The van der Waals surface area contributed by atoms with Crippen LogP contribution in [0.25, 0.3) is 0 Å². The summed E-state index contributed by atoms with van der Waals surface area (Å²) in [5.74, 6) is 0.796. The van der Waals surface area contributed by atoms with E-state index in [4.69, 9.17) is 0 Å². The fourth-order valence-corrected chi connectivity index (χ4v) is 2.61. The van der Waals surface area contributed by atoms with Crippen molar-refractivity contribution >= 4 is 11.3 Å². The summed E-state index contributed by atoms with van der Waals surface area (Å²) >= 11 is 1.75. The smallest absolute Gasteiger partial charge is 0.0953 e. The van der Waals surface area contributed by atoms with Crippen LogP contribution in [0.3, 0.4) is 0 Å². The topological polar surface area (TPSA) is 45.1 Å². The Morgan fingerprint density at radius 3 is 2.61 bits per heavy atom. The Kier molecular flexibility index (Phi) is 5.76. The number of aliphatic hydroxyl groups is 1. The van der Waals surface area contributed by atoms with E-state index < -0.39 is 5.60 Å². The monoisotopic (exact) mass is 270 g/mol. The second-order valence-corrected chi connectivity index (χ2v) is 6.74. The molecule has 104 valence electrons. The van der Waals surface area contributed by atoms with Crippen LogP contribution in [0.1, 0.15) is 56.8 Å². The van der Waals surface area contributed by atoms with E-state index in [1.807, 2.05) is 13.1 Å². The molecular formula is C14H26N2OS. The molecule has 0 aromatic carbocycles. The van der Waals surface area contributed by atoms with Gasteiger partial charge in [-0.2, -0.15) is 0 Å². The van der Waals surface area contributed by atoms with Crippen LogP contribution >= 0.6 is 11.3 Å². The van der Waals surface area contributed by atoms with E-state index in [2.05, 4.69) is 38.0 Å². The van der Waals surface area contributed by atoms with Crippen molar-refractivity contribution in [3.05, 3.63) is 16.1 Å². The van der Waals surface area contributed by atoms with Crippen LogP contribution in [-0.4, -0.2) is 22.2 Å². The lowest BCUT2D eigenvalue weighted by Crippen LogP contribution is -2.42. The third-order valence-electron chi connectivity index (χ3n) is 3.52. The van der Waals surface area contributed by atoms with Gasteiger partial charge >= 0.3 is 0 Å². The first-order valence-corrected chi connectivity index (χ1v) is 7.56.